The summed E-state index contributed by atoms with van der Waals surface area (Å²) in [4.78, 5) is 21.2. The zero-order valence-electron chi connectivity index (χ0n) is 14.3. The number of carbonyl (C=O) groups excluding carboxylic acids is 1. The zero-order chi connectivity index (χ0) is 17.1. The highest BCUT2D eigenvalue weighted by Gasteiger charge is 2.22. The molecule has 1 aliphatic rings. The second-order valence-electron chi connectivity index (χ2n) is 5.97. The summed E-state index contributed by atoms with van der Waals surface area (Å²) < 4.78 is 4.34. The quantitative estimate of drug-likeness (QED) is 0.843. The Hall–Kier alpha value is -2.00. The predicted molar refractivity (Wildman–Crippen MR) is 94.6 cm³/mol. The molecule has 1 fully saturated rings. The Morgan fingerprint density at radius 3 is 2.62 bits per heavy atom. The van der Waals surface area contributed by atoms with Gasteiger partial charge in [-0.1, -0.05) is 6.92 Å². The molecule has 3 heterocycles. The van der Waals surface area contributed by atoms with Crippen LogP contribution in [-0.2, 0) is 11.2 Å². The van der Waals surface area contributed by atoms with Gasteiger partial charge in [-0.2, -0.15) is 9.47 Å². The van der Waals surface area contributed by atoms with Crippen LogP contribution in [-0.4, -0.2) is 63.1 Å². The minimum Gasteiger partial charge on any atom is -0.344 e. The second kappa shape index (κ2) is 7.27. The highest BCUT2D eigenvalue weighted by atomic mass is 32.1. The van der Waals surface area contributed by atoms with Crippen LogP contribution in [0.2, 0.25) is 0 Å². The van der Waals surface area contributed by atoms with E-state index in [1.807, 2.05) is 13.8 Å². The van der Waals surface area contributed by atoms with Crippen LogP contribution in [0.4, 0.5) is 10.8 Å². The lowest BCUT2D eigenvalue weighted by molar-refractivity contribution is -0.117. The number of piperazine rings is 1. The van der Waals surface area contributed by atoms with E-state index in [4.69, 9.17) is 0 Å². The van der Waals surface area contributed by atoms with E-state index in [0.717, 1.165) is 60.6 Å². The number of carbonyl (C=O) groups is 1. The van der Waals surface area contributed by atoms with Gasteiger partial charge in [0.05, 0.1) is 23.6 Å². The Labute approximate surface area is 145 Å². The van der Waals surface area contributed by atoms with Crippen molar-refractivity contribution in [2.45, 2.75) is 27.2 Å². The lowest BCUT2D eigenvalue weighted by atomic mass is 10.3. The van der Waals surface area contributed by atoms with Crippen molar-refractivity contribution < 1.29 is 4.79 Å². The van der Waals surface area contributed by atoms with Crippen LogP contribution in [0.25, 0.3) is 0 Å². The van der Waals surface area contributed by atoms with E-state index in [-0.39, 0.29) is 5.91 Å². The second-order valence-corrected chi connectivity index (χ2v) is 6.70. The maximum Gasteiger partial charge on any atom is 0.238 e. The van der Waals surface area contributed by atoms with E-state index < -0.39 is 0 Å². The van der Waals surface area contributed by atoms with Gasteiger partial charge in [0.15, 0.2) is 0 Å². The normalized spacial score (nSPS) is 15.7. The van der Waals surface area contributed by atoms with Gasteiger partial charge in [0, 0.05) is 44.1 Å². The van der Waals surface area contributed by atoms with Crippen LogP contribution in [0.15, 0.2) is 0 Å². The Morgan fingerprint density at radius 2 is 2.04 bits per heavy atom. The molecule has 0 radical (unpaired) electrons. The number of rotatable bonds is 5. The third-order valence-corrected chi connectivity index (χ3v) is 4.99. The number of aromatic amines is 1. The maximum atomic E-state index is 12.2. The number of aryl methyl sites for hydroxylation is 3. The molecule has 0 saturated carbocycles. The predicted octanol–water partition coefficient (Wildman–Crippen LogP) is 1.20. The molecule has 0 spiro atoms. The van der Waals surface area contributed by atoms with Gasteiger partial charge in [0.25, 0.3) is 0 Å². The fourth-order valence-electron chi connectivity index (χ4n) is 2.73. The van der Waals surface area contributed by atoms with Crippen molar-refractivity contribution in [3.05, 3.63) is 17.2 Å². The largest absolute Gasteiger partial charge is 0.344 e. The minimum absolute atomic E-state index is 0.000217. The Balaban J connectivity index is 1.49. The minimum atomic E-state index is 0.000217. The molecule has 0 bridgehead atoms. The molecule has 1 amide bonds. The zero-order valence-corrected chi connectivity index (χ0v) is 15.1. The standard InChI is InChI=1S/C15H23N7OS/c1-4-12-16-15(24-20-12)22-7-5-21(6-8-22)9-13(23)17-14-10(2)18-19-11(14)3/h4-9H2,1-3H3,(H,17,23)(H,18,19). The summed E-state index contributed by atoms with van der Waals surface area (Å²) >= 11 is 1.46. The molecule has 0 aliphatic carbocycles. The van der Waals surface area contributed by atoms with E-state index in [2.05, 4.69) is 41.6 Å². The van der Waals surface area contributed by atoms with E-state index in [1.165, 1.54) is 11.5 Å². The van der Waals surface area contributed by atoms with Crippen molar-refractivity contribution in [1.29, 1.82) is 0 Å². The maximum absolute atomic E-state index is 12.2. The van der Waals surface area contributed by atoms with Crippen LogP contribution in [0.1, 0.15) is 24.1 Å². The van der Waals surface area contributed by atoms with Crippen LogP contribution in [0, 0.1) is 13.8 Å². The average molecular weight is 349 g/mol. The molecule has 0 aromatic carbocycles. The van der Waals surface area contributed by atoms with Crippen molar-refractivity contribution in [3.63, 3.8) is 0 Å². The highest BCUT2D eigenvalue weighted by Crippen LogP contribution is 2.19. The number of H-pyrrole nitrogens is 1. The van der Waals surface area contributed by atoms with Gasteiger partial charge in [-0.25, -0.2) is 4.98 Å². The van der Waals surface area contributed by atoms with E-state index >= 15 is 0 Å². The molecule has 2 aromatic heterocycles. The van der Waals surface area contributed by atoms with Crippen LogP contribution >= 0.6 is 11.5 Å². The monoisotopic (exact) mass is 349 g/mol. The third-order valence-electron chi connectivity index (χ3n) is 4.18. The molecule has 9 heteroatoms. The van der Waals surface area contributed by atoms with Gasteiger partial charge in [0.1, 0.15) is 5.82 Å². The first-order valence-electron chi connectivity index (χ1n) is 8.18. The lowest BCUT2D eigenvalue weighted by Crippen LogP contribution is -2.48. The number of amides is 1. The molecule has 3 rings (SSSR count). The van der Waals surface area contributed by atoms with Crippen molar-refractivity contribution in [2.75, 3.05) is 42.9 Å². The first kappa shape index (κ1) is 16.8. The molecule has 2 aromatic rings. The first-order chi connectivity index (χ1) is 11.6. The Bertz CT molecular complexity index is 683. The fourth-order valence-corrected chi connectivity index (χ4v) is 3.53. The Kier molecular flexibility index (Phi) is 5.10. The molecule has 2 N–H and O–H groups in total. The molecule has 0 unspecified atom stereocenters. The molecule has 8 nitrogen and oxygen atoms in total. The lowest BCUT2D eigenvalue weighted by Gasteiger charge is -2.33. The van der Waals surface area contributed by atoms with Gasteiger partial charge in [0.2, 0.25) is 11.0 Å². The summed E-state index contributed by atoms with van der Waals surface area (Å²) in [7, 11) is 0. The number of hydrogen-bond acceptors (Lipinski definition) is 7. The first-order valence-corrected chi connectivity index (χ1v) is 8.95. The topological polar surface area (TPSA) is 90.0 Å². The molecule has 24 heavy (non-hydrogen) atoms. The molecular weight excluding hydrogens is 326 g/mol. The summed E-state index contributed by atoms with van der Waals surface area (Å²) in [6.45, 7) is 9.67. The Morgan fingerprint density at radius 1 is 1.29 bits per heavy atom. The number of aromatic nitrogens is 4. The van der Waals surface area contributed by atoms with Crippen LogP contribution in [0.3, 0.4) is 0 Å². The highest BCUT2D eigenvalue weighted by molar-refractivity contribution is 7.09. The van der Waals surface area contributed by atoms with Crippen LogP contribution < -0.4 is 10.2 Å². The molecular formula is C15H23N7OS. The summed E-state index contributed by atoms with van der Waals surface area (Å²) in [6.07, 6.45) is 0.865. The van der Waals surface area contributed by atoms with E-state index in [9.17, 15) is 4.79 Å². The van der Waals surface area contributed by atoms with Crippen molar-refractivity contribution in [1.82, 2.24) is 24.5 Å². The summed E-state index contributed by atoms with van der Waals surface area (Å²) in [6, 6.07) is 0. The van der Waals surface area contributed by atoms with Gasteiger partial charge in [-0.05, 0) is 13.8 Å². The summed E-state index contributed by atoms with van der Waals surface area (Å²) in [5.41, 5.74) is 2.49. The molecule has 130 valence electrons. The SMILES string of the molecule is CCc1nsc(N2CCN(CC(=O)Nc3c(C)n[nH]c3C)CC2)n1. The molecule has 0 atom stereocenters. The third kappa shape index (κ3) is 3.73. The van der Waals surface area contributed by atoms with E-state index in [0.29, 0.717) is 6.54 Å². The van der Waals surface area contributed by atoms with Crippen molar-refractivity contribution in [3.8, 4) is 0 Å². The average Bonchev–Trinajstić information content (AvgIpc) is 3.18. The van der Waals surface area contributed by atoms with Gasteiger partial charge < -0.3 is 10.2 Å². The van der Waals surface area contributed by atoms with Gasteiger partial charge in [-0.3, -0.25) is 14.8 Å². The number of anilines is 2. The van der Waals surface area contributed by atoms with Crippen molar-refractivity contribution in [2.24, 2.45) is 0 Å². The van der Waals surface area contributed by atoms with Crippen molar-refractivity contribution >= 4 is 28.3 Å². The van der Waals surface area contributed by atoms with E-state index in [1.54, 1.807) is 0 Å². The van der Waals surface area contributed by atoms with Crippen LogP contribution in [0.5, 0.6) is 0 Å². The number of nitrogens with one attached hydrogen (secondary N) is 2. The number of nitrogens with zero attached hydrogens (tertiary/aromatic N) is 5. The smallest absolute Gasteiger partial charge is 0.238 e. The van der Waals surface area contributed by atoms with Gasteiger partial charge >= 0.3 is 0 Å². The molecule has 1 saturated heterocycles. The number of hydrogen-bond donors (Lipinski definition) is 2. The fraction of sp³-hybridized carbons (Fsp3) is 0.600. The summed E-state index contributed by atoms with van der Waals surface area (Å²) in [5.74, 6) is 0.905. The van der Waals surface area contributed by atoms with Gasteiger partial charge in [-0.15, -0.1) is 0 Å². The summed E-state index contributed by atoms with van der Waals surface area (Å²) in [5, 5.41) is 10.9. The molecule has 1 aliphatic heterocycles.